The predicted molar refractivity (Wildman–Crippen MR) is 45.1 cm³/mol. The van der Waals surface area contributed by atoms with Crippen molar-refractivity contribution in [2.75, 3.05) is 7.11 Å². The van der Waals surface area contributed by atoms with Crippen LogP contribution in [0, 0.1) is 11.3 Å². The number of nitrogens with zero attached hydrogens (tertiary/aromatic N) is 1. The summed E-state index contributed by atoms with van der Waals surface area (Å²) in [5, 5.41) is 8.83. The minimum Gasteiger partial charge on any atom is -0.353 e. The van der Waals surface area contributed by atoms with Crippen LogP contribution in [0.4, 0.5) is 0 Å². The molecule has 4 atom stereocenters. The van der Waals surface area contributed by atoms with Crippen LogP contribution in [-0.2, 0) is 18.9 Å². The van der Waals surface area contributed by atoms with Crippen molar-refractivity contribution in [1.82, 2.24) is 0 Å². The maximum absolute atomic E-state index is 8.83. The van der Waals surface area contributed by atoms with E-state index in [1.165, 1.54) is 7.11 Å². The summed E-state index contributed by atoms with van der Waals surface area (Å²) in [6, 6.07) is 2.03. The first-order valence-corrected chi connectivity index (χ1v) is 4.51. The van der Waals surface area contributed by atoms with Crippen molar-refractivity contribution in [3.63, 3.8) is 0 Å². The van der Waals surface area contributed by atoms with E-state index in [1.807, 2.05) is 19.9 Å². The molecule has 0 bridgehead atoms. The zero-order chi connectivity index (χ0) is 10.3. The lowest BCUT2D eigenvalue weighted by atomic mass is 10.1. The fourth-order valence-corrected chi connectivity index (χ4v) is 1.85. The van der Waals surface area contributed by atoms with E-state index in [0.29, 0.717) is 0 Å². The first-order chi connectivity index (χ1) is 6.57. The van der Waals surface area contributed by atoms with Crippen molar-refractivity contribution in [1.29, 1.82) is 5.26 Å². The number of methoxy groups -OCH3 is 1. The molecule has 0 aromatic carbocycles. The first kappa shape index (κ1) is 9.87. The number of nitriles is 1. The number of hydrogen-bond acceptors (Lipinski definition) is 5. The molecule has 0 amide bonds. The van der Waals surface area contributed by atoms with Crippen molar-refractivity contribution in [3.8, 4) is 6.07 Å². The summed E-state index contributed by atoms with van der Waals surface area (Å²) in [6.45, 7) is 3.62. The van der Waals surface area contributed by atoms with Gasteiger partial charge in [0.05, 0.1) is 6.07 Å². The zero-order valence-corrected chi connectivity index (χ0v) is 8.39. The molecular weight excluding hydrogens is 186 g/mol. The van der Waals surface area contributed by atoms with Crippen molar-refractivity contribution in [3.05, 3.63) is 0 Å². The van der Waals surface area contributed by atoms with Gasteiger partial charge in [0.2, 0.25) is 0 Å². The van der Waals surface area contributed by atoms with Crippen LogP contribution in [0.2, 0.25) is 0 Å². The van der Waals surface area contributed by atoms with Crippen molar-refractivity contribution in [2.45, 2.75) is 44.2 Å². The van der Waals surface area contributed by atoms with Gasteiger partial charge in [0.25, 0.3) is 0 Å². The molecule has 2 aliphatic heterocycles. The van der Waals surface area contributed by atoms with Gasteiger partial charge in [0.15, 0.2) is 18.2 Å². The Labute approximate surface area is 82.5 Å². The molecule has 0 spiro atoms. The summed E-state index contributed by atoms with van der Waals surface area (Å²) in [7, 11) is 1.52. The Morgan fingerprint density at radius 1 is 1.29 bits per heavy atom. The van der Waals surface area contributed by atoms with E-state index in [4.69, 9.17) is 24.2 Å². The second-order valence-corrected chi connectivity index (χ2v) is 3.85. The third-order valence-electron chi connectivity index (χ3n) is 2.37. The minimum atomic E-state index is -0.662. The van der Waals surface area contributed by atoms with Gasteiger partial charge in [-0.15, -0.1) is 0 Å². The van der Waals surface area contributed by atoms with E-state index in [1.54, 1.807) is 0 Å². The monoisotopic (exact) mass is 199 g/mol. The first-order valence-electron chi connectivity index (χ1n) is 4.51. The summed E-state index contributed by atoms with van der Waals surface area (Å²) in [5.74, 6) is -0.662. The van der Waals surface area contributed by atoms with E-state index >= 15 is 0 Å². The van der Waals surface area contributed by atoms with Gasteiger partial charge in [-0.05, 0) is 13.8 Å². The van der Waals surface area contributed by atoms with Crippen LogP contribution in [0.25, 0.3) is 0 Å². The van der Waals surface area contributed by atoms with Crippen LogP contribution < -0.4 is 0 Å². The molecule has 0 unspecified atom stereocenters. The molecule has 2 saturated heterocycles. The summed E-state index contributed by atoms with van der Waals surface area (Å²) in [4.78, 5) is 0. The lowest BCUT2D eigenvalue weighted by Crippen LogP contribution is -2.30. The van der Waals surface area contributed by atoms with E-state index in [9.17, 15) is 0 Å². The Hall–Kier alpha value is -0.670. The quantitative estimate of drug-likeness (QED) is 0.611. The van der Waals surface area contributed by atoms with Crippen LogP contribution in [0.1, 0.15) is 13.8 Å². The van der Waals surface area contributed by atoms with Gasteiger partial charge in [-0.25, -0.2) is 0 Å². The molecule has 5 nitrogen and oxygen atoms in total. The molecule has 0 radical (unpaired) electrons. The third kappa shape index (κ3) is 1.41. The van der Waals surface area contributed by atoms with Crippen LogP contribution >= 0.6 is 0 Å². The molecule has 0 saturated carbocycles. The molecule has 78 valence electrons. The number of ether oxygens (including phenoxy) is 4. The molecule has 0 N–H and O–H groups in total. The molecule has 2 heterocycles. The molecule has 2 fully saturated rings. The highest BCUT2D eigenvalue weighted by molar-refractivity contribution is 5.04. The fraction of sp³-hybridized carbons (Fsp3) is 0.889. The normalized spacial score (nSPS) is 44.7. The Kier molecular flexibility index (Phi) is 2.24. The van der Waals surface area contributed by atoms with Crippen LogP contribution in [0.3, 0.4) is 0 Å². The number of rotatable bonds is 1. The highest BCUT2D eigenvalue weighted by atomic mass is 16.8. The highest BCUT2D eigenvalue weighted by Crippen LogP contribution is 2.38. The SMILES string of the molecule is CO[C@@H]1O[C@H](C#N)[C@H]2OC(C)(C)O[C@@H]12. The van der Waals surface area contributed by atoms with Crippen LogP contribution in [-0.4, -0.2) is 37.5 Å². The molecule has 2 aliphatic rings. The average Bonchev–Trinajstić information content (AvgIpc) is 2.57. The Morgan fingerprint density at radius 2 is 1.93 bits per heavy atom. The van der Waals surface area contributed by atoms with Gasteiger partial charge < -0.3 is 18.9 Å². The van der Waals surface area contributed by atoms with E-state index < -0.39 is 18.2 Å². The topological polar surface area (TPSA) is 60.7 Å². The highest BCUT2D eigenvalue weighted by Gasteiger charge is 2.55. The molecule has 2 rings (SSSR count). The second-order valence-electron chi connectivity index (χ2n) is 3.85. The zero-order valence-electron chi connectivity index (χ0n) is 8.39. The number of fused-ring (bicyclic) bond motifs is 1. The van der Waals surface area contributed by atoms with Gasteiger partial charge in [-0.3, -0.25) is 0 Å². The third-order valence-corrected chi connectivity index (χ3v) is 2.37. The Morgan fingerprint density at radius 3 is 2.50 bits per heavy atom. The van der Waals surface area contributed by atoms with Gasteiger partial charge in [-0.2, -0.15) is 5.26 Å². The second kappa shape index (κ2) is 3.17. The van der Waals surface area contributed by atoms with Crippen LogP contribution in [0.15, 0.2) is 0 Å². The summed E-state index contributed by atoms with van der Waals surface area (Å²) in [6.07, 6.45) is -1.77. The summed E-state index contributed by atoms with van der Waals surface area (Å²) in [5.41, 5.74) is 0. The molecule has 0 aromatic rings. The van der Waals surface area contributed by atoms with Crippen LogP contribution in [0.5, 0.6) is 0 Å². The van der Waals surface area contributed by atoms with E-state index in [0.717, 1.165) is 0 Å². The summed E-state index contributed by atoms with van der Waals surface area (Å²) < 4.78 is 21.5. The summed E-state index contributed by atoms with van der Waals surface area (Å²) >= 11 is 0. The lowest BCUT2D eigenvalue weighted by Gasteiger charge is -2.21. The standard InChI is InChI=1S/C9H13NO4/c1-9(2)13-6-5(4-10)12-8(11-3)7(6)14-9/h5-8H,1-3H3/t5-,6-,7-,8-/m1/s1. The predicted octanol–water partition coefficient (Wildman–Crippen LogP) is 0.401. The fourth-order valence-electron chi connectivity index (χ4n) is 1.85. The molecule has 0 aromatic heterocycles. The van der Waals surface area contributed by atoms with Gasteiger partial charge in [-0.1, -0.05) is 0 Å². The maximum atomic E-state index is 8.83. The molecule has 0 aliphatic carbocycles. The smallest absolute Gasteiger partial charge is 0.188 e. The maximum Gasteiger partial charge on any atom is 0.188 e. The minimum absolute atomic E-state index is 0.306. The average molecular weight is 199 g/mol. The Bertz CT molecular complexity index is 272. The lowest BCUT2D eigenvalue weighted by molar-refractivity contribution is -0.220. The molecular formula is C9H13NO4. The van der Waals surface area contributed by atoms with Crippen molar-refractivity contribution in [2.24, 2.45) is 0 Å². The van der Waals surface area contributed by atoms with Crippen molar-refractivity contribution < 1.29 is 18.9 Å². The van der Waals surface area contributed by atoms with E-state index in [2.05, 4.69) is 0 Å². The molecule has 5 heteroatoms. The van der Waals surface area contributed by atoms with Gasteiger partial charge in [0, 0.05) is 7.11 Å². The van der Waals surface area contributed by atoms with Gasteiger partial charge >= 0.3 is 0 Å². The van der Waals surface area contributed by atoms with E-state index in [-0.39, 0.29) is 12.2 Å². The van der Waals surface area contributed by atoms with Crippen molar-refractivity contribution >= 4 is 0 Å². The van der Waals surface area contributed by atoms with Gasteiger partial charge in [0.1, 0.15) is 12.2 Å². The molecule has 14 heavy (non-hydrogen) atoms. The Balaban J connectivity index is 2.17. The largest absolute Gasteiger partial charge is 0.353 e. The number of hydrogen-bond donors (Lipinski definition) is 0.